The van der Waals surface area contributed by atoms with Crippen LogP contribution in [-0.2, 0) is 6.42 Å². The predicted molar refractivity (Wildman–Crippen MR) is 97.6 cm³/mol. The fourth-order valence-corrected chi connectivity index (χ4v) is 3.03. The largest absolute Gasteiger partial charge is 0.508 e. The van der Waals surface area contributed by atoms with Crippen molar-refractivity contribution in [2.24, 2.45) is 0 Å². The van der Waals surface area contributed by atoms with E-state index in [-0.39, 0.29) is 17.2 Å². The second-order valence-corrected chi connectivity index (χ2v) is 6.11. The van der Waals surface area contributed by atoms with Gasteiger partial charge in [-0.2, -0.15) is 0 Å². The number of phenols is 3. The summed E-state index contributed by atoms with van der Waals surface area (Å²) in [5.74, 6) is -0.0477. The molecule has 0 saturated carbocycles. The van der Waals surface area contributed by atoms with Crippen LogP contribution in [0.3, 0.4) is 0 Å². The minimum absolute atomic E-state index is 0.101. The standard InChI is InChI=1S/C20H27NO3/c1-3-12-21(13-4-2)14-11-16-7-10-18(23)20(24)19(16)15-5-8-17(22)9-6-15/h5-10,22-24H,3-4,11-14H2,1-2H3. The second kappa shape index (κ2) is 8.60. The molecular formula is C20H27NO3. The smallest absolute Gasteiger partial charge is 0.165 e. The van der Waals surface area contributed by atoms with Gasteiger partial charge in [0, 0.05) is 12.1 Å². The molecule has 0 heterocycles. The first kappa shape index (κ1) is 18.1. The van der Waals surface area contributed by atoms with Crippen LogP contribution in [-0.4, -0.2) is 39.9 Å². The van der Waals surface area contributed by atoms with Gasteiger partial charge < -0.3 is 20.2 Å². The first-order valence-electron chi connectivity index (χ1n) is 8.62. The SMILES string of the molecule is CCCN(CCC)CCc1ccc(O)c(O)c1-c1ccc(O)cc1. The summed E-state index contributed by atoms with van der Waals surface area (Å²) in [6, 6.07) is 10.1. The van der Waals surface area contributed by atoms with Crippen LogP contribution in [0, 0.1) is 0 Å². The number of benzene rings is 2. The van der Waals surface area contributed by atoms with Crippen LogP contribution >= 0.6 is 0 Å². The van der Waals surface area contributed by atoms with Gasteiger partial charge in [0.2, 0.25) is 0 Å². The van der Waals surface area contributed by atoms with E-state index < -0.39 is 0 Å². The number of rotatable bonds is 8. The number of nitrogens with zero attached hydrogens (tertiary/aromatic N) is 1. The average Bonchev–Trinajstić information content (AvgIpc) is 2.57. The van der Waals surface area contributed by atoms with Crippen LogP contribution in [0.4, 0.5) is 0 Å². The van der Waals surface area contributed by atoms with E-state index in [9.17, 15) is 15.3 Å². The Kier molecular flexibility index (Phi) is 6.50. The Morgan fingerprint density at radius 1 is 0.792 bits per heavy atom. The maximum atomic E-state index is 10.3. The molecule has 0 aliphatic rings. The molecule has 0 amide bonds. The number of hydrogen-bond acceptors (Lipinski definition) is 4. The van der Waals surface area contributed by atoms with Gasteiger partial charge in [-0.1, -0.05) is 32.0 Å². The molecule has 0 unspecified atom stereocenters. The van der Waals surface area contributed by atoms with E-state index in [0.717, 1.165) is 50.0 Å². The summed E-state index contributed by atoms with van der Waals surface area (Å²) in [5, 5.41) is 29.7. The molecule has 0 aromatic heterocycles. The minimum Gasteiger partial charge on any atom is -0.508 e. The van der Waals surface area contributed by atoms with Gasteiger partial charge in [-0.05, 0) is 61.7 Å². The third-order valence-electron chi connectivity index (χ3n) is 4.18. The van der Waals surface area contributed by atoms with Crippen molar-refractivity contribution in [2.75, 3.05) is 19.6 Å². The van der Waals surface area contributed by atoms with Crippen LogP contribution in [0.5, 0.6) is 17.2 Å². The van der Waals surface area contributed by atoms with Gasteiger partial charge in [-0.15, -0.1) is 0 Å². The van der Waals surface area contributed by atoms with Gasteiger partial charge in [-0.25, -0.2) is 0 Å². The first-order valence-corrected chi connectivity index (χ1v) is 8.62. The van der Waals surface area contributed by atoms with E-state index in [4.69, 9.17) is 0 Å². The molecule has 130 valence electrons. The van der Waals surface area contributed by atoms with Crippen molar-refractivity contribution in [3.05, 3.63) is 42.0 Å². The van der Waals surface area contributed by atoms with Crippen molar-refractivity contribution in [2.45, 2.75) is 33.1 Å². The summed E-state index contributed by atoms with van der Waals surface area (Å²) in [6.45, 7) is 7.39. The number of phenolic OH excluding ortho intramolecular Hbond substituents is 3. The molecule has 2 rings (SSSR count). The lowest BCUT2D eigenvalue weighted by atomic mass is 9.95. The summed E-state index contributed by atoms with van der Waals surface area (Å²) in [5.41, 5.74) is 2.42. The Morgan fingerprint density at radius 3 is 2.00 bits per heavy atom. The Bertz CT molecular complexity index is 647. The fraction of sp³-hybridized carbons (Fsp3) is 0.400. The average molecular weight is 329 g/mol. The van der Waals surface area contributed by atoms with Crippen LogP contribution < -0.4 is 0 Å². The molecule has 2 aromatic carbocycles. The fourth-order valence-electron chi connectivity index (χ4n) is 3.03. The second-order valence-electron chi connectivity index (χ2n) is 6.11. The van der Waals surface area contributed by atoms with Crippen LogP contribution in [0.1, 0.15) is 32.3 Å². The summed E-state index contributed by atoms with van der Waals surface area (Å²) >= 11 is 0. The van der Waals surface area contributed by atoms with Crippen molar-refractivity contribution in [1.82, 2.24) is 4.90 Å². The Morgan fingerprint density at radius 2 is 1.42 bits per heavy atom. The van der Waals surface area contributed by atoms with E-state index in [1.165, 1.54) is 0 Å². The maximum absolute atomic E-state index is 10.3. The molecule has 4 heteroatoms. The Balaban J connectivity index is 2.29. The van der Waals surface area contributed by atoms with Crippen LogP contribution in [0.15, 0.2) is 36.4 Å². The van der Waals surface area contributed by atoms with E-state index >= 15 is 0 Å². The van der Waals surface area contributed by atoms with Crippen molar-refractivity contribution in [3.63, 3.8) is 0 Å². The highest BCUT2D eigenvalue weighted by Crippen LogP contribution is 2.39. The molecule has 4 nitrogen and oxygen atoms in total. The molecule has 24 heavy (non-hydrogen) atoms. The molecule has 2 aromatic rings. The molecule has 0 spiro atoms. The zero-order valence-electron chi connectivity index (χ0n) is 14.5. The summed E-state index contributed by atoms with van der Waals surface area (Å²) in [6.07, 6.45) is 3.03. The van der Waals surface area contributed by atoms with Gasteiger partial charge >= 0.3 is 0 Å². The lowest BCUT2D eigenvalue weighted by molar-refractivity contribution is 0.278. The molecule has 0 bridgehead atoms. The summed E-state index contributed by atoms with van der Waals surface area (Å²) in [7, 11) is 0. The van der Waals surface area contributed by atoms with Gasteiger partial charge in [0.15, 0.2) is 11.5 Å². The molecule has 3 N–H and O–H groups in total. The highest BCUT2D eigenvalue weighted by atomic mass is 16.3. The van der Waals surface area contributed by atoms with E-state index in [0.29, 0.717) is 5.56 Å². The predicted octanol–water partition coefficient (Wildman–Crippen LogP) is 4.13. The normalized spacial score (nSPS) is 11.1. The van der Waals surface area contributed by atoms with Gasteiger partial charge in [0.25, 0.3) is 0 Å². The molecule has 0 fully saturated rings. The van der Waals surface area contributed by atoms with E-state index in [2.05, 4.69) is 18.7 Å². The summed E-state index contributed by atoms with van der Waals surface area (Å²) in [4.78, 5) is 2.42. The number of aromatic hydroxyl groups is 3. The zero-order valence-corrected chi connectivity index (χ0v) is 14.5. The van der Waals surface area contributed by atoms with Gasteiger partial charge in [0.1, 0.15) is 5.75 Å². The maximum Gasteiger partial charge on any atom is 0.165 e. The molecule has 0 radical (unpaired) electrons. The van der Waals surface area contributed by atoms with Crippen LogP contribution in [0.25, 0.3) is 11.1 Å². The minimum atomic E-state index is -0.124. The third-order valence-corrected chi connectivity index (χ3v) is 4.18. The Labute approximate surface area is 144 Å². The number of hydrogen-bond donors (Lipinski definition) is 3. The lowest BCUT2D eigenvalue weighted by Gasteiger charge is -2.22. The van der Waals surface area contributed by atoms with Gasteiger partial charge in [-0.3, -0.25) is 0 Å². The monoisotopic (exact) mass is 329 g/mol. The van der Waals surface area contributed by atoms with Crippen molar-refractivity contribution >= 4 is 0 Å². The summed E-state index contributed by atoms with van der Waals surface area (Å²) < 4.78 is 0. The lowest BCUT2D eigenvalue weighted by Crippen LogP contribution is -2.27. The van der Waals surface area contributed by atoms with E-state index in [1.807, 2.05) is 6.07 Å². The zero-order chi connectivity index (χ0) is 17.5. The first-order chi connectivity index (χ1) is 11.6. The highest BCUT2D eigenvalue weighted by Gasteiger charge is 2.15. The third kappa shape index (κ3) is 4.42. The van der Waals surface area contributed by atoms with Crippen molar-refractivity contribution < 1.29 is 15.3 Å². The van der Waals surface area contributed by atoms with Crippen LogP contribution in [0.2, 0.25) is 0 Å². The molecule has 0 aliphatic heterocycles. The quantitative estimate of drug-likeness (QED) is 0.637. The van der Waals surface area contributed by atoms with Crippen molar-refractivity contribution in [3.8, 4) is 28.4 Å². The highest BCUT2D eigenvalue weighted by molar-refractivity contribution is 5.77. The Hall–Kier alpha value is -2.20. The van der Waals surface area contributed by atoms with E-state index in [1.54, 1.807) is 30.3 Å². The topological polar surface area (TPSA) is 63.9 Å². The van der Waals surface area contributed by atoms with Gasteiger partial charge in [0.05, 0.1) is 0 Å². The van der Waals surface area contributed by atoms with Crippen molar-refractivity contribution in [1.29, 1.82) is 0 Å². The molecule has 0 saturated heterocycles. The molecule has 0 aliphatic carbocycles. The molecule has 0 atom stereocenters. The molecular weight excluding hydrogens is 302 g/mol.